The molecule has 0 radical (unpaired) electrons. The highest BCUT2D eigenvalue weighted by atomic mass is 16.5. The molecule has 92 valence electrons. The van der Waals surface area contributed by atoms with Crippen LogP contribution in [0, 0.1) is 5.92 Å². The molecular formula is C14H18O3. The van der Waals surface area contributed by atoms with Gasteiger partial charge >= 0.3 is 0 Å². The van der Waals surface area contributed by atoms with Gasteiger partial charge in [-0.1, -0.05) is 18.2 Å². The lowest BCUT2D eigenvalue weighted by molar-refractivity contribution is -0.126. The normalized spacial score (nSPS) is 19.9. The summed E-state index contributed by atoms with van der Waals surface area (Å²) in [6.45, 7) is 1.37. The molecule has 3 nitrogen and oxygen atoms in total. The molecule has 3 heteroatoms. The summed E-state index contributed by atoms with van der Waals surface area (Å²) in [7, 11) is 1.63. The standard InChI is InChI=1S/C14H18O3/c1-16-14-7-3-2-5-11(14)9-13(15)12-6-4-8-17-10-12/h2-3,5,7,12H,4,6,8-10H2,1H3. The van der Waals surface area contributed by atoms with E-state index in [9.17, 15) is 4.79 Å². The summed E-state index contributed by atoms with van der Waals surface area (Å²) in [5.74, 6) is 1.11. The van der Waals surface area contributed by atoms with Gasteiger partial charge in [-0.15, -0.1) is 0 Å². The first-order valence-corrected chi connectivity index (χ1v) is 6.03. The second-order valence-corrected chi connectivity index (χ2v) is 4.37. The first-order valence-electron chi connectivity index (χ1n) is 6.03. The van der Waals surface area contributed by atoms with Gasteiger partial charge in [0, 0.05) is 24.5 Å². The summed E-state index contributed by atoms with van der Waals surface area (Å²) >= 11 is 0. The van der Waals surface area contributed by atoms with Crippen LogP contribution >= 0.6 is 0 Å². The van der Waals surface area contributed by atoms with Crippen LogP contribution in [0.4, 0.5) is 0 Å². The summed E-state index contributed by atoms with van der Waals surface area (Å²) in [5.41, 5.74) is 0.963. The molecule has 1 atom stereocenters. The minimum atomic E-state index is 0.0636. The highest BCUT2D eigenvalue weighted by Crippen LogP contribution is 2.22. The number of carbonyl (C=O) groups excluding carboxylic acids is 1. The molecule has 1 aromatic carbocycles. The van der Waals surface area contributed by atoms with Gasteiger partial charge in [-0.05, 0) is 18.9 Å². The predicted molar refractivity (Wildman–Crippen MR) is 65.2 cm³/mol. The maximum Gasteiger partial charge on any atom is 0.142 e. The van der Waals surface area contributed by atoms with Crippen molar-refractivity contribution < 1.29 is 14.3 Å². The average molecular weight is 234 g/mol. The van der Waals surface area contributed by atoms with Crippen molar-refractivity contribution in [3.8, 4) is 5.75 Å². The molecule has 0 spiro atoms. The first kappa shape index (κ1) is 12.1. The van der Waals surface area contributed by atoms with Crippen molar-refractivity contribution in [2.24, 2.45) is 5.92 Å². The van der Waals surface area contributed by atoms with Gasteiger partial charge in [0.05, 0.1) is 13.7 Å². The van der Waals surface area contributed by atoms with Gasteiger partial charge in [-0.2, -0.15) is 0 Å². The molecule has 1 aliphatic heterocycles. The number of methoxy groups -OCH3 is 1. The van der Waals surface area contributed by atoms with Crippen molar-refractivity contribution in [2.75, 3.05) is 20.3 Å². The molecule has 1 aromatic rings. The van der Waals surface area contributed by atoms with E-state index in [-0.39, 0.29) is 11.7 Å². The largest absolute Gasteiger partial charge is 0.496 e. The molecule has 1 heterocycles. The van der Waals surface area contributed by atoms with Crippen LogP contribution in [0.5, 0.6) is 5.75 Å². The Bertz CT molecular complexity index is 381. The molecule has 0 aliphatic carbocycles. The predicted octanol–water partition coefficient (Wildman–Crippen LogP) is 2.23. The maximum absolute atomic E-state index is 12.1. The summed E-state index contributed by atoms with van der Waals surface area (Å²) < 4.78 is 10.6. The van der Waals surface area contributed by atoms with Gasteiger partial charge in [0.2, 0.25) is 0 Å². The number of hydrogen-bond donors (Lipinski definition) is 0. The van der Waals surface area contributed by atoms with Crippen LogP contribution in [-0.4, -0.2) is 26.1 Å². The van der Waals surface area contributed by atoms with Crippen LogP contribution in [-0.2, 0) is 16.0 Å². The minimum absolute atomic E-state index is 0.0636. The number of ketones is 1. The Morgan fingerprint density at radius 3 is 3.00 bits per heavy atom. The lowest BCUT2D eigenvalue weighted by atomic mass is 9.93. The van der Waals surface area contributed by atoms with E-state index in [2.05, 4.69) is 0 Å². The van der Waals surface area contributed by atoms with Crippen molar-refractivity contribution in [1.82, 2.24) is 0 Å². The number of ether oxygens (including phenoxy) is 2. The lowest BCUT2D eigenvalue weighted by Gasteiger charge is -2.21. The molecule has 2 rings (SSSR count). The van der Waals surface area contributed by atoms with E-state index in [0.717, 1.165) is 30.8 Å². The van der Waals surface area contributed by atoms with E-state index in [1.165, 1.54) is 0 Å². The number of hydrogen-bond acceptors (Lipinski definition) is 3. The molecule has 1 aliphatic rings. The van der Waals surface area contributed by atoms with Crippen LogP contribution in [0.3, 0.4) is 0 Å². The van der Waals surface area contributed by atoms with E-state index < -0.39 is 0 Å². The van der Waals surface area contributed by atoms with Crippen LogP contribution in [0.15, 0.2) is 24.3 Å². The zero-order valence-corrected chi connectivity index (χ0v) is 10.1. The number of para-hydroxylation sites is 1. The van der Waals surface area contributed by atoms with E-state index in [1.54, 1.807) is 7.11 Å². The fourth-order valence-corrected chi connectivity index (χ4v) is 2.18. The molecule has 0 saturated carbocycles. The Morgan fingerprint density at radius 2 is 2.29 bits per heavy atom. The van der Waals surface area contributed by atoms with E-state index in [4.69, 9.17) is 9.47 Å². The van der Waals surface area contributed by atoms with Gasteiger partial charge in [0.25, 0.3) is 0 Å². The van der Waals surface area contributed by atoms with Gasteiger partial charge in [-0.25, -0.2) is 0 Å². The van der Waals surface area contributed by atoms with Crippen molar-refractivity contribution in [2.45, 2.75) is 19.3 Å². The zero-order valence-electron chi connectivity index (χ0n) is 10.1. The second-order valence-electron chi connectivity index (χ2n) is 4.37. The minimum Gasteiger partial charge on any atom is -0.496 e. The van der Waals surface area contributed by atoms with E-state index in [0.29, 0.717) is 13.0 Å². The smallest absolute Gasteiger partial charge is 0.142 e. The van der Waals surface area contributed by atoms with Crippen LogP contribution in [0.1, 0.15) is 18.4 Å². The molecule has 0 N–H and O–H groups in total. The van der Waals surface area contributed by atoms with E-state index >= 15 is 0 Å². The summed E-state index contributed by atoms with van der Waals surface area (Å²) in [4.78, 5) is 12.1. The van der Waals surface area contributed by atoms with Crippen molar-refractivity contribution in [3.05, 3.63) is 29.8 Å². The molecule has 0 bridgehead atoms. The summed E-state index contributed by atoms with van der Waals surface area (Å²) in [5, 5.41) is 0. The topological polar surface area (TPSA) is 35.5 Å². The quantitative estimate of drug-likeness (QED) is 0.801. The van der Waals surface area contributed by atoms with Crippen molar-refractivity contribution in [3.63, 3.8) is 0 Å². The van der Waals surface area contributed by atoms with Gasteiger partial charge < -0.3 is 9.47 Å². The van der Waals surface area contributed by atoms with Gasteiger partial charge in [0.15, 0.2) is 0 Å². The Morgan fingerprint density at radius 1 is 1.47 bits per heavy atom. The highest BCUT2D eigenvalue weighted by molar-refractivity contribution is 5.84. The third-order valence-corrected chi connectivity index (χ3v) is 3.17. The van der Waals surface area contributed by atoms with Crippen LogP contribution < -0.4 is 4.74 Å². The Kier molecular flexibility index (Phi) is 4.15. The second kappa shape index (κ2) is 5.82. The number of Topliss-reactive ketones (excluding diaryl/α,β-unsaturated/α-hetero) is 1. The zero-order chi connectivity index (χ0) is 12.1. The average Bonchev–Trinajstić information content (AvgIpc) is 2.40. The van der Waals surface area contributed by atoms with Gasteiger partial charge in [0.1, 0.15) is 11.5 Å². The highest BCUT2D eigenvalue weighted by Gasteiger charge is 2.22. The Hall–Kier alpha value is -1.35. The molecule has 1 saturated heterocycles. The number of rotatable bonds is 4. The monoisotopic (exact) mass is 234 g/mol. The maximum atomic E-state index is 12.1. The van der Waals surface area contributed by atoms with Crippen molar-refractivity contribution >= 4 is 5.78 Å². The lowest BCUT2D eigenvalue weighted by Crippen LogP contribution is -2.26. The third-order valence-electron chi connectivity index (χ3n) is 3.17. The first-order chi connectivity index (χ1) is 8.31. The molecule has 1 fully saturated rings. The molecular weight excluding hydrogens is 216 g/mol. The van der Waals surface area contributed by atoms with Crippen LogP contribution in [0.2, 0.25) is 0 Å². The number of carbonyl (C=O) groups is 1. The van der Waals surface area contributed by atoms with Crippen LogP contribution in [0.25, 0.3) is 0 Å². The number of benzene rings is 1. The molecule has 17 heavy (non-hydrogen) atoms. The molecule has 1 unspecified atom stereocenters. The summed E-state index contributed by atoms with van der Waals surface area (Å²) in [6.07, 6.45) is 2.38. The molecule has 0 aromatic heterocycles. The Labute approximate surface area is 102 Å². The fourth-order valence-electron chi connectivity index (χ4n) is 2.18. The molecule has 0 amide bonds. The third kappa shape index (κ3) is 3.07. The Balaban J connectivity index is 2.01. The van der Waals surface area contributed by atoms with Gasteiger partial charge in [-0.3, -0.25) is 4.79 Å². The summed E-state index contributed by atoms with van der Waals surface area (Å²) in [6, 6.07) is 7.68. The SMILES string of the molecule is COc1ccccc1CC(=O)C1CCCOC1. The van der Waals surface area contributed by atoms with E-state index in [1.807, 2.05) is 24.3 Å². The van der Waals surface area contributed by atoms with Crippen molar-refractivity contribution in [1.29, 1.82) is 0 Å². The fraction of sp³-hybridized carbons (Fsp3) is 0.500.